The smallest absolute Gasteiger partial charge is 0.410 e. The van der Waals surface area contributed by atoms with Crippen molar-refractivity contribution in [1.29, 1.82) is 0 Å². The Labute approximate surface area is 179 Å². The van der Waals surface area contributed by atoms with Gasteiger partial charge in [0.05, 0.1) is 5.69 Å². The second-order valence-electron chi connectivity index (χ2n) is 9.84. The van der Waals surface area contributed by atoms with Crippen LogP contribution in [0.2, 0.25) is 0 Å². The molecule has 3 heterocycles. The summed E-state index contributed by atoms with van der Waals surface area (Å²) in [6.45, 7) is 11.5. The molecule has 0 atom stereocenters. The molecule has 0 unspecified atom stereocenters. The Balaban J connectivity index is 1.44. The lowest BCUT2D eigenvalue weighted by molar-refractivity contribution is 0.00164. The summed E-state index contributed by atoms with van der Waals surface area (Å²) < 4.78 is 7.50. The lowest BCUT2D eigenvalue weighted by atomic mass is 9.85. The fraction of sp³-hybridized carbons (Fsp3) is 0.583. The molecule has 1 amide bonds. The molecule has 2 aromatic rings. The van der Waals surface area contributed by atoms with Gasteiger partial charge in [0, 0.05) is 37.6 Å². The number of carbonyl (C=O) groups excluding carboxylic acids is 1. The van der Waals surface area contributed by atoms with E-state index in [0.717, 1.165) is 44.7 Å². The molecule has 2 fully saturated rings. The molecule has 162 valence electrons. The molecule has 2 aliphatic heterocycles. The molecule has 6 heteroatoms. The Bertz CT molecular complexity index is 877. The number of aryl methyl sites for hydroxylation is 1. The molecule has 30 heavy (non-hydrogen) atoms. The first-order valence-corrected chi connectivity index (χ1v) is 11.1. The van der Waals surface area contributed by atoms with E-state index in [2.05, 4.69) is 35.1 Å². The van der Waals surface area contributed by atoms with Crippen molar-refractivity contribution in [3.63, 3.8) is 0 Å². The van der Waals surface area contributed by atoms with Crippen molar-refractivity contribution in [3.05, 3.63) is 47.8 Å². The van der Waals surface area contributed by atoms with E-state index in [-0.39, 0.29) is 11.6 Å². The largest absolute Gasteiger partial charge is 0.444 e. The van der Waals surface area contributed by atoms with Crippen LogP contribution in [0.3, 0.4) is 0 Å². The Morgan fingerprint density at radius 1 is 1.13 bits per heavy atom. The van der Waals surface area contributed by atoms with Gasteiger partial charge >= 0.3 is 6.09 Å². The van der Waals surface area contributed by atoms with Crippen LogP contribution >= 0.6 is 0 Å². The van der Waals surface area contributed by atoms with Crippen molar-refractivity contribution >= 4 is 6.09 Å². The summed E-state index contributed by atoms with van der Waals surface area (Å²) in [4.78, 5) is 17.0. The maximum atomic E-state index is 12.5. The highest BCUT2D eigenvalue weighted by Crippen LogP contribution is 2.39. The van der Waals surface area contributed by atoms with E-state index >= 15 is 0 Å². The molecule has 1 aromatic heterocycles. The summed E-state index contributed by atoms with van der Waals surface area (Å²) in [6, 6.07) is 8.67. The van der Waals surface area contributed by atoms with Gasteiger partial charge in [-0.3, -0.25) is 4.90 Å². The average Bonchev–Trinajstić information content (AvgIpc) is 3.32. The van der Waals surface area contributed by atoms with Gasteiger partial charge < -0.3 is 9.64 Å². The van der Waals surface area contributed by atoms with Crippen LogP contribution in [-0.2, 0) is 11.3 Å². The number of hydrogen-bond donors (Lipinski definition) is 0. The SMILES string of the molecule is Cc1cc(CN2CCCC23CCN(C(=O)OC(C)(C)C)CC3)cc(-n2cccn2)c1. The minimum Gasteiger partial charge on any atom is -0.444 e. The van der Waals surface area contributed by atoms with Crippen molar-refractivity contribution in [2.45, 2.75) is 71.1 Å². The van der Waals surface area contributed by atoms with Gasteiger partial charge in [-0.1, -0.05) is 6.07 Å². The lowest BCUT2D eigenvalue weighted by Gasteiger charge is -2.45. The third kappa shape index (κ3) is 4.53. The van der Waals surface area contributed by atoms with E-state index in [1.54, 1.807) is 0 Å². The molecule has 2 saturated heterocycles. The molecule has 6 nitrogen and oxygen atoms in total. The van der Waals surface area contributed by atoms with Gasteiger partial charge in [-0.15, -0.1) is 0 Å². The third-order valence-corrected chi connectivity index (χ3v) is 6.35. The molecule has 1 aromatic carbocycles. The van der Waals surface area contributed by atoms with E-state index in [9.17, 15) is 4.79 Å². The van der Waals surface area contributed by atoms with Crippen LogP contribution in [0.4, 0.5) is 4.79 Å². The molecule has 0 N–H and O–H groups in total. The highest BCUT2D eigenvalue weighted by Gasteiger charge is 2.44. The van der Waals surface area contributed by atoms with E-state index in [4.69, 9.17) is 4.74 Å². The molecule has 0 saturated carbocycles. The number of carbonyl (C=O) groups is 1. The Hall–Kier alpha value is -2.34. The normalized spacial score (nSPS) is 19.4. The zero-order chi connectivity index (χ0) is 21.4. The molecule has 0 radical (unpaired) electrons. The van der Waals surface area contributed by atoms with Crippen molar-refractivity contribution in [2.24, 2.45) is 0 Å². The minimum absolute atomic E-state index is 0.176. The van der Waals surface area contributed by atoms with Crippen LogP contribution in [0, 0.1) is 6.92 Å². The number of ether oxygens (including phenoxy) is 1. The zero-order valence-corrected chi connectivity index (χ0v) is 18.7. The van der Waals surface area contributed by atoms with Gasteiger partial charge in [-0.2, -0.15) is 5.10 Å². The second kappa shape index (κ2) is 8.06. The monoisotopic (exact) mass is 410 g/mol. The van der Waals surface area contributed by atoms with E-state index in [1.165, 1.54) is 24.0 Å². The average molecular weight is 411 g/mol. The van der Waals surface area contributed by atoms with Gasteiger partial charge in [0.15, 0.2) is 0 Å². The van der Waals surface area contributed by atoms with Crippen molar-refractivity contribution in [2.75, 3.05) is 19.6 Å². The van der Waals surface area contributed by atoms with Crippen LogP contribution in [0.15, 0.2) is 36.7 Å². The molecule has 0 bridgehead atoms. The first-order chi connectivity index (χ1) is 14.2. The number of nitrogens with zero attached hydrogens (tertiary/aromatic N) is 4. The topological polar surface area (TPSA) is 50.6 Å². The highest BCUT2D eigenvalue weighted by atomic mass is 16.6. The highest BCUT2D eigenvalue weighted by molar-refractivity contribution is 5.68. The fourth-order valence-electron chi connectivity index (χ4n) is 4.95. The molecule has 1 spiro atoms. The predicted molar refractivity (Wildman–Crippen MR) is 118 cm³/mol. The number of amides is 1. The Morgan fingerprint density at radius 2 is 1.90 bits per heavy atom. The fourth-order valence-corrected chi connectivity index (χ4v) is 4.95. The summed E-state index contributed by atoms with van der Waals surface area (Å²) >= 11 is 0. The standard InChI is InChI=1S/C24H34N4O2/c1-19-15-20(17-21(16-19)28-12-6-10-25-28)18-27-11-5-7-24(27)8-13-26(14-9-24)22(29)30-23(2,3)4/h6,10,12,15-17H,5,7-9,11,13-14,18H2,1-4H3. The Morgan fingerprint density at radius 3 is 2.57 bits per heavy atom. The van der Waals surface area contributed by atoms with Gasteiger partial charge in [0.2, 0.25) is 0 Å². The van der Waals surface area contributed by atoms with Gasteiger partial charge in [0.25, 0.3) is 0 Å². The van der Waals surface area contributed by atoms with Crippen LogP contribution in [0.25, 0.3) is 5.69 Å². The number of benzene rings is 1. The molecule has 0 aliphatic carbocycles. The third-order valence-electron chi connectivity index (χ3n) is 6.35. The zero-order valence-electron chi connectivity index (χ0n) is 18.7. The van der Waals surface area contributed by atoms with E-state index in [0.29, 0.717) is 0 Å². The number of hydrogen-bond acceptors (Lipinski definition) is 4. The van der Waals surface area contributed by atoms with Crippen LogP contribution in [-0.4, -0.2) is 56.4 Å². The maximum Gasteiger partial charge on any atom is 0.410 e. The van der Waals surface area contributed by atoms with E-state index < -0.39 is 5.60 Å². The van der Waals surface area contributed by atoms with Gasteiger partial charge in [-0.25, -0.2) is 9.48 Å². The number of likely N-dealkylation sites (tertiary alicyclic amines) is 2. The van der Waals surface area contributed by atoms with Crippen molar-refractivity contribution in [1.82, 2.24) is 19.6 Å². The van der Waals surface area contributed by atoms with Crippen molar-refractivity contribution < 1.29 is 9.53 Å². The summed E-state index contributed by atoms with van der Waals surface area (Å²) in [6.07, 6.45) is 8.10. The molecular formula is C24H34N4O2. The van der Waals surface area contributed by atoms with Gasteiger partial charge in [-0.05, 0) is 89.2 Å². The summed E-state index contributed by atoms with van der Waals surface area (Å²) in [5.41, 5.74) is 3.46. The second-order valence-corrected chi connectivity index (χ2v) is 9.84. The summed E-state index contributed by atoms with van der Waals surface area (Å²) in [5, 5.41) is 4.39. The summed E-state index contributed by atoms with van der Waals surface area (Å²) in [5.74, 6) is 0. The van der Waals surface area contributed by atoms with Crippen molar-refractivity contribution in [3.8, 4) is 5.69 Å². The number of piperidine rings is 1. The minimum atomic E-state index is -0.441. The Kier molecular flexibility index (Phi) is 5.62. The van der Waals surface area contributed by atoms with Crippen LogP contribution in [0.5, 0.6) is 0 Å². The lowest BCUT2D eigenvalue weighted by Crippen LogP contribution is -2.53. The van der Waals surface area contributed by atoms with Crippen LogP contribution in [0.1, 0.15) is 57.6 Å². The number of aromatic nitrogens is 2. The molecular weight excluding hydrogens is 376 g/mol. The maximum absolute atomic E-state index is 12.5. The summed E-state index contributed by atoms with van der Waals surface area (Å²) in [7, 11) is 0. The number of rotatable bonds is 3. The van der Waals surface area contributed by atoms with Gasteiger partial charge in [0.1, 0.15) is 5.60 Å². The van der Waals surface area contributed by atoms with Crippen LogP contribution < -0.4 is 0 Å². The first-order valence-electron chi connectivity index (χ1n) is 11.1. The quantitative estimate of drug-likeness (QED) is 0.745. The predicted octanol–water partition coefficient (Wildman–Crippen LogP) is 4.55. The molecule has 4 rings (SSSR count). The molecule has 2 aliphatic rings. The van der Waals surface area contributed by atoms with E-state index in [1.807, 2.05) is 48.8 Å². The first kappa shape index (κ1) is 20.9.